The molecule has 0 N–H and O–H groups in total. The van der Waals surface area contributed by atoms with Gasteiger partial charge in [0.25, 0.3) is 0 Å². The molecule has 0 aliphatic heterocycles. The monoisotopic (exact) mass is 324 g/mol. The van der Waals surface area contributed by atoms with Gasteiger partial charge in [0.2, 0.25) is 0 Å². The summed E-state index contributed by atoms with van der Waals surface area (Å²) in [5.41, 5.74) is 8.75. The summed E-state index contributed by atoms with van der Waals surface area (Å²) < 4.78 is 0. The van der Waals surface area contributed by atoms with Crippen LogP contribution in [0.1, 0.15) is 16.7 Å². The molecule has 1 aliphatic carbocycles. The van der Waals surface area contributed by atoms with Gasteiger partial charge in [0.15, 0.2) is 0 Å². The average Bonchev–Trinajstić information content (AvgIpc) is 3.01. The number of benzene rings is 3. The highest BCUT2D eigenvalue weighted by molar-refractivity contribution is 6.31. The first kappa shape index (κ1) is 14.9. The third-order valence-corrected chi connectivity index (χ3v) is 5.55. The number of hydrogen-bond acceptors (Lipinski definition) is 0. The number of hydrogen-bond donors (Lipinski definition) is 0. The fourth-order valence-corrected chi connectivity index (χ4v) is 4.54. The van der Waals surface area contributed by atoms with Crippen LogP contribution in [0, 0.1) is 0 Å². The lowest BCUT2D eigenvalue weighted by Gasteiger charge is -2.15. The van der Waals surface area contributed by atoms with Crippen LogP contribution >= 0.6 is 0 Å². The SMILES string of the molecule is [SiH3]C1C=C(c2ccccc2)C(c2ccccc2)=C1c1ccccc1. The Morgan fingerprint density at radius 3 is 1.54 bits per heavy atom. The van der Waals surface area contributed by atoms with E-state index in [4.69, 9.17) is 0 Å². The van der Waals surface area contributed by atoms with Gasteiger partial charge in [-0.1, -0.05) is 97.1 Å². The molecule has 1 heteroatoms. The molecular formula is C23H20Si. The van der Waals surface area contributed by atoms with Crippen molar-refractivity contribution in [2.24, 2.45) is 0 Å². The largest absolute Gasteiger partial charge is 0.0722 e. The predicted octanol–water partition coefficient (Wildman–Crippen LogP) is 4.85. The van der Waals surface area contributed by atoms with E-state index in [9.17, 15) is 0 Å². The van der Waals surface area contributed by atoms with Crippen LogP contribution in [0.5, 0.6) is 0 Å². The van der Waals surface area contributed by atoms with Crippen molar-refractivity contribution in [2.75, 3.05) is 0 Å². The fourth-order valence-electron chi connectivity index (χ4n) is 3.59. The van der Waals surface area contributed by atoms with Crippen molar-refractivity contribution < 1.29 is 0 Å². The molecular weight excluding hydrogens is 304 g/mol. The Morgan fingerprint density at radius 1 is 0.542 bits per heavy atom. The molecule has 0 nitrogen and oxygen atoms in total. The summed E-state index contributed by atoms with van der Waals surface area (Å²) in [6.45, 7) is 0. The zero-order chi connectivity index (χ0) is 16.4. The van der Waals surface area contributed by atoms with E-state index >= 15 is 0 Å². The third kappa shape index (κ3) is 2.68. The van der Waals surface area contributed by atoms with Gasteiger partial charge in [-0.2, -0.15) is 0 Å². The molecule has 0 radical (unpaired) electrons. The lowest BCUT2D eigenvalue weighted by molar-refractivity contribution is 1.41. The molecule has 0 aromatic heterocycles. The van der Waals surface area contributed by atoms with E-state index in [0.717, 1.165) is 10.2 Å². The molecule has 0 amide bonds. The van der Waals surface area contributed by atoms with Crippen LogP contribution in [0.3, 0.4) is 0 Å². The van der Waals surface area contributed by atoms with Gasteiger partial charge in [-0.3, -0.25) is 0 Å². The van der Waals surface area contributed by atoms with Gasteiger partial charge in [-0.25, -0.2) is 0 Å². The normalized spacial score (nSPS) is 17.2. The van der Waals surface area contributed by atoms with Crippen LogP contribution in [-0.2, 0) is 0 Å². The topological polar surface area (TPSA) is 0 Å². The van der Waals surface area contributed by atoms with Crippen LogP contribution in [0.4, 0.5) is 0 Å². The van der Waals surface area contributed by atoms with Crippen LogP contribution in [0.2, 0.25) is 5.54 Å². The van der Waals surface area contributed by atoms with Crippen molar-refractivity contribution >= 4 is 27.0 Å². The molecule has 1 aliphatic rings. The van der Waals surface area contributed by atoms with E-state index in [1.54, 1.807) is 0 Å². The van der Waals surface area contributed by atoms with Gasteiger partial charge >= 0.3 is 0 Å². The molecule has 0 saturated heterocycles. The second-order valence-corrected chi connectivity index (χ2v) is 7.50. The molecule has 4 rings (SSSR count). The molecule has 1 unspecified atom stereocenters. The van der Waals surface area contributed by atoms with Crippen LogP contribution in [0.15, 0.2) is 97.1 Å². The predicted molar refractivity (Wildman–Crippen MR) is 108 cm³/mol. The van der Waals surface area contributed by atoms with Crippen LogP contribution < -0.4 is 0 Å². The molecule has 0 spiro atoms. The molecule has 116 valence electrons. The van der Waals surface area contributed by atoms with Gasteiger partial charge in [0.05, 0.1) is 0 Å². The maximum Gasteiger partial charge on any atom is 0.0172 e. The molecule has 1 atom stereocenters. The Bertz CT molecular complexity index is 891. The summed E-state index contributed by atoms with van der Waals surface area (Å²) in [6.07, 6.45) is 2.46. The number of allylic oxidation sites excluding steroid dienone is 4. The Labute approximate surface area is 146 Å². The first-order chi connectivity index (χ1) is 11.8. The summed E-state index contributed by atoms with van der Waals surface area (Å²) in [7, 11) is 1.12. The summed E-state index contributed by atoms with van der Waals surface area (Å²) in [4.78, 5) is 0. The van der Waals surface area contributed by atoms with Gasteiger partial charge in [-0.05, 0) is 39.0 Å². The first-order valence-corrected chi connectivity index (χ1v) is 9.62. The summed E-state index contributed by atoms with van der Waals surface area (Å²) in [5, 5.41) is 0. The Balaban J connectivity index is 1.96. The van der Waals surface area contributed by atoms with E-state index in [-0.39, 0.29) is 0 Å². The van der Waals surface area contributed by atoms with Gasteiger partial charge in [-0.15, -0.1) is 0 Å². The highest BCUT2D eigenvalue weighted by Gasteiger charge is 2.26. The molecule has 0 bridgehead atoms. The summed E-state index contributed by atoms with van der Waals surface area (Å²) in [5.74, 6) is 0. The summed E-state index contributed by atoms with van der Waals surface area (Å²) in [6, 6.07) is 32.4. The molecule has 0 heterocycles. The fraction of sp³-hybridized carbons (Fsp3) is 0.0435. The summed E-state index contributed by atoms with van der Waals surface area (Å²) >= 11 is 0. The van der Waals surface area contributed by atoms with Crippen molar-refractivity contribution in [3.63, 3.8) is 0 Å². The quantitative estimate of drug-likeness (QED) is 0.604. The maximum atomic E-state index is 2.46. The highest BCUT2D eigenvalue weighted by Crippen LogP contribution is 2.48. The lowest BCUT2D eigenvalue weighted by atomic mass is 9.90. The van der Waals surface area contributed by atoms with Crippen molar-refractivity contribution in [1.29, 1.82) is 0 Å². The zero-order valence-electron chi connectivity index (χ0n) is 13.8. The van der Waals surface area contributed by atoms with E-state index in [1.165, 1.54) is 33.4 Å². The van der Waals surface area contributed by atoms with E-state index in [2.05, 4.69) is 97.1 Å². The molecule has 0 saturated carbocycles. The minimum atomic E-state index is 0.540. The van der Waals surface area contributed by atoms with Crippen molar-refractivity contribution in [3.05, 3.63) is 114 Å². The van der Waals surface area contributed by atoms with Gasteiger partial charge in [0, 0.05) is 10.2 Å². The minimum Gasteiger partial charge on any atom is -0.0722 e. The van der Waals surface area contributed by atoms with E-state index in [0.29, 0.717) is 5.54 Å². The molecule has 24 heavy (non-hydrogen) atoms. The van der Waals surface area contributed by atoms with Gasteiger partial charge in [0.1, 0.15) is 0 Å². The third-order valence-electron chi connectivity index (χ3n) is 4.64. The standard InChI is InChI=1S/C23H20Si/c24-21-16-20(17-10-4-1-5-11-17)22(18-12-6-2-7-13-18)23(21)19-14-8-3-9-15-19/h1-16,21H,24H3. The van der Waals surface area contributed by atoms with Crippen LogP contribution in [-0.4, -0.2) is 10.2 Å². The van der Waals surface area contributed by atoms with Crippen LogP contribution in [0.25, 0.3) is 16.7 Å². The highest BCUT2D eigenvalue weighted by atomic mass is 28.1. The molecule has 3 aromatic carbocycles. The minimum absolute atomic E-state index is 0.540. The smallest absolute Gasteiger partial charge is 0.0172 e. The Hall–Kier alpha value is -2.64. The maximum absolute atomic E-state index is 2.46. The Morgan fingerprint density at radius 2 is 1.00 bits per heavy atom. The van der Waals surface area contributed by atoms with Crippen molar-refractivity contribution in [1.82, 2.24) is 0 Å². The lowest BCUT2D eigenvalue weighted by Crippen LogP contribution is -1.94. The van der Waals surface area contributed by atoms with E-state index < -0.39 is 0 Å². The second kappa shape index (κ2) is 6.46. The van der Waals surface area contributed by atoms with Crippen molar-refractivity contribution in [3.8, 4) is 0 Å². The van der Waals surface area contributed by atoms with Crippen molar-refractivity contribution in [2.45, 2.75) is 5.54 Å². The average molecular weight is 324 g/mol. The Kier molecular flexibility index (Phi) is 4.02. The molecule has 0 fully saturated rings. The molecule has 3 aromatic rings. The first-order valence-electron chi connectivity index (χ1n) is 8.47. The van der Waals surface area contributed by atoms with Gasteiger partial charge < -0.3 is 0 Å². The number of rotatable bonds is 3. The second-order valence-electron chi connectivity index (χ2n) is 6.26. The van der Waals surface area contributed by atoms with E-state index in [1.807, 2.05) is 0 Å². The zero-order valence-corrected chi connectivity index (χ0v) is 15.8.